The van der Waals surface area contributed by atoms with Crippen molar-refractivity contribution in [1.29, 1.82) is 0 Å². The molecule has 0 saturated heterocycles. The maximum absolute atomic E-state index is 13.5. The summed E-state index contributed by atoms with van der Waals surface area (Å²) in [4.78, 5) is 25.5. The van der Waals surface area contributed by atoms with Crippen molar-refractivity contribution >= 4 is 11.6 Å². The number of ether oxygens (including phenoxy) is 1. The smallest absolute Gasteiger partial charge is 0.190 e. The molecule has 9 atom stereocenters. The van der Waals surface area contributed by atoms with Gasteiger partial charge in [-0.15, -0.1) is 0 Å². The molecule has 0 heterocycles. The summed E-state index contributed by atoms with van der Waals surface area (Å²) < 4.78 is 6.50. The van der Waals surface area contributed by atoms with Crippen molar-refractivity contribution in [2.75, 3.05) is 6.61 Å². The normalized spacial score (nSPS) is 50.9. The Morgan fingerprint density at radius 1 is 1.20 bits per heavy atom. The molecule has 6 heteroatoms. The molecular formula is C29H40O6. The quantitative estimate of drug-likeness (QED) is 0.517. The summed E-state index contributed by atoms with van der Waals surface area (Å²) in [6, 6.07) is 0. The molecule has 0 aromatic rings. The number of Topliss-reactive ketones (excluding diaryl/α,β-unsaturated/α-hetero) is 1. The van der Waals surface area contributed by atoms with Crippen molar-refractivity contribution in [2.24, 2.45) is 46.3 Å². The summed E-state index contributed by atoms with van der Waals surface area (Å²) in [5.41, 5.74) is -1.22. The lowest BCUT2D eigenvalue weighted by atomic mass is 9.46. The first kappa shape index (κ1) is 24.0. The van der Waals surface area contributed by atoms with Gasteiger partial charge in [0.05, 0.1) is 6.10 Å². The van der Waals surface area contributed by atoms with Crippen LogP contribution in [0.15, 0.2) is 23.8 Å². The van der Waals surface area contributed by atoms with Crippen LogP contribution in [-0.2, 0) is 14.3 Å². The zero-order valence-electron chi connectivity index (χ0n) is 21.0. The molecular weight excluding hydrogens is 444 g/mol. The minimum absolute atomic E-state index is 0.0161. The molecule has 0 radical (unpaired) electrons. The fraction of sp³-hybridized carbons (Fsp3) is 0.793. The molecule has 192 valence electrons. The van der Waals surface area contributed by atoms with Crippen LogP contribution in [-0.4, -0.2) is 51.5 Å². The van der Waals surface area contributed by atoms with Crippen LogP contribution >= 0.6 is 0 Å². The predicted octanol–water partition coefficient (Wildman–Crippen LogP) is 3.34. The molecule has 7 aliphatic carbocycles. The van der Waals surface area contributed by atoms with Crippen LogP contribution in [0.3, 0.4) is 0 Å². The Balaban J connectivity index is 1.33. The number of rotatable bonds is 5. The molecule has 6 nitrogen and oxygen atoms in total. The van der Waals surface area contributed by atoms with E-state index in [-0.39, 0.29) is 40.7 Å². The number of carbonyl (C=O) groups is 2. The van der Waals surface area contributed by atoms with Crippen LogP contribution in [0.4, 0.5) is 0 Å². The molecule has 0 aromatic carbocycles. The highest BCUT2D eigenvalue weighted by atomic mass is 16.6. The maximum atomic E-state index is 13.5. The Morgan fingerprint density at radius 2 is 1.97 bits per heavy atom. The van der Waals surface area contributed by atoms with Crippen molar-refractivity contribution in [3.05, 3.63) is 23.8 Å². The van der Waals surface area contributed by atoms with Crippen LogP contribution in [0.2, 0.25) is 0 Å². The Kier molecular flexibility index (Phi) is 5.54. The molecule has 3 unspecified atom stereocenters. The van der Waals surface area contributed by atoms with Gasteiger partial charge < -0.3 is 20.1 Å². The summed E-state index contributed by atoms with van der Waals surface area (Å²) in [6.07, 6.45) is 11.3. The fourth-order valence-corrected chi connectivity index (χ4v) is 9.86. The van der Waals surface area contributed by atoms with Crippen LogP contribution in [0, 0.1) is 46.3 Å². The number of carbonyl (C=O) groups excluding carboxylic acids is 2. The highest BCUT2D eigenvalue weighted by molar-refractivity contribution is 6.01. The average Bonchev–Trinajstić information content (AvgIpc) is 3.10. The van der Waals surface area contributed by atoms with Gasteiger partial charge in [-0.25, -0.2) is 0 Å². The molecule has 3 N–H and O–H groups in total. The SMILES string of the molecule is C[C@]12C=CC(=O)C=C1CC[C@@H]1C2[C@@H](O)C[C@@]2(C)C1CC[C@]2(O[C@@H](O)C1CCC2CC1C2)C(=O)CO. The summed E-state index contributed by atoms with van der Waals surface area (Å²) in [7, 11) is 0. The van der Waals surface area contributed by atoms with Crippen molar-refractivity contribution in [3.8, 4) is 0 Å². The van der Waals surface area contributed by atoms with E-state index in [4.69, 9.17) is 4.74 Å². The Bertz CT molecular complexity index is 977. The summed E-state index contributed by atoms with van der Waals surface area (Å²) in [5, 5.41) is 33.0. The Labute approximate surface area is 207 Å². The largest absolute Gasteiger partial charge is 0.393 e. The molecule has 35 heavy (non-hydrogen) atoms. The zero-order chi connectivity index (χ0) is 24.8. The Hall–Kier alpha value is -1.34. The lowest BCUT2D eigenvalue weighted by molar-refractivity contribution is -0.265. The van der Waals surface area contributed by atoms with Gasteiger partial charge in [-0.3, -0.25) is 9.59 Å². The lowest BCUT2D eigenvalue weighted by Gasteiger charge is -2.60. The second-order valence-corrected chi connectivity index (χ2v) is 13.0. The number of allylic oxidation sites excluding steroid dienone is 4. The van der Waals surface area contributed by atoms with Crippen molar-refractivity contribution in [3.63, 3.8) is 0 Å². The molecule has 0 amide bonds. The molecule has 7 rings (SSSR count). The van der Waals surface area contributed by atoms with Gasteiger partial charge in [-0.2, -0.15) is 0 Å². The standard InChI is InChI=1S/C29H40O6/c1-27-9-7-19(31)13-18(27)4-6-21-22-8-10-29(24(33)15-30,28(22,2)14-23(32)25(21)27)35-26(34)20-5-3-16-11-17(20)12-16/h7,9,13,16-17,20-23,25-26,30,32,34H,3-6,8,10-12,14-15H2,1-2H3/t16?,17?,20?,21-,22?,23-,25?,26+,27-,28-,29-/m0/s1. The second kappa shape index (κ2) is 8.08. The van der Waals surface area contributed by atoms with E-state index in [0.717, 1.165) is 56.4 Å². The minimum Gasteiger partial charge on any atom is -0.393 e. The summed E-state index contributed by atoms with van der Waals surface area (Å²) in [5.74, 6) is 1.23. The topological polar surface area (TPSA) is 104 Å². The van der Waals surface area contributed by atoms with E-state index in [0.29, 0.717) is 18.8 Å². The van der Waals surface area contributed by atoms with E-state index in [1.165, 1.54) is 0 Å². The minimum atomic E-state index is -1.28. The maximum Gasteiger partial charge on any atom is 0.190 e. The van der Waals surface area contributed by atoms with Crippen LogP contribution in [0.25, 0.3) is 0 Å². The third kappa shape index (κ3) is 3.22. The van der Waals surface area contributed by atoms with Gasteiger partial charge in [-0.05, 0) is 93.6 Å². The third-order valence-electron chi connectivity index (χ3n) is 11.7. The molecule has 0 aromatic heterocycles. The Morgan fingerprint density at radius 3 is 2.66 bits per heavy atom. The van der Waals surface area contributed by atoms with E-state index >= 15 is 0 Å². The predicted molar refractivity (Wildman–Crippen MR) is 129 cm³/mol. The van der Waals surface area contributed by atoms with E-state index in [9.17, 15) is 24.9 Å². The molecule has 0 spiro atoms. The third-order valence-corrected chi connectivity index (χ3v) is 11.7. The van der Waals surface area contributed by atoms with Crippen molar-refractivity contribution < 1.29 is 29.6 Å². The van der Waals surface area contributed by atoms with Gasteiger partial charge in [0.25, 0.3) is 0 Å². The number of hydrogen-bond donors (Lipinski definition) is 3. The first-order valence-corrected chi connectivity index (χ1v) is 13.8. The number of ketones is 2. The van der Waals surface area contributed by atoms with Gasteiger partial charge in [0.15, 0.2) is 17.9 Å². The second-order valence-electron chi connectivity index (χ2n) is 13.0. The first-order chi connectivity index (χ1) is 16.6. The zero-order valence-corrected chi connectivity index (χ0v) is 21.0. The van der Waals surface area contributed by atoms with Crippen molar-refractivity contribution in [2.45, 2.75) is 89.6 Å². The van der Waals surface area contributed by atoms with Crippen LogP contribution in [0.1, 0.15) is 71.6 Å². The molecule has 0 aliphatic heterocycles. The van der Waals surface area contributed by atoms with Crippen LogP contribution < -0.4 is 0 Å². The molecule has 6 saturated carbocycles. The molecule has 7 aliphatic rings. The first-order valence-electron chi connectivity index (χ1n) is 13.8. The number of hydrogen-bond acceptors (Lipinski definition) is 6. The van der Waals surface area contributed by atoms with Gasteiger partial charge >= 0.3 is 0 Å². The van der Waals surface area contributed by atoms with Crippen molar-refractivity contribution in [1.82, 2.24) is 0 Å². The van der Waals surface area contributed by atoms with Gasteiger partial charge in [-0.1, -0.05) is 25.5 Å². The molecule has 6 fully saturated rings. The van der Waals surface area contributed by atoms with Gasteiger partial charge in [0, 0.05) is 22.7 Å². The molecule has 2 bridgehead atoms. The van der Waals surface area contributed by atoms with Crippen LogP contribution in [0.5, 0.6) is 0 Å². The number of aliphatic hydroxyl groups is 3. The number of fused-ring (bicyclic) bond motifs is 7. The van der Waals surface area contributed by atoms with E-state index in [1.54, 1.807) is 12.2 Å². The lowest BCUT2D eigenvalue weighted by Crippen LogP contribution is -2.63. The summed E-state index contributed by atoms with van der Waals surface area (Å²) >= 11 is 0. The summed E-state index contributed by atoms with van der Waals surface area (Å²) in [6.45, 7) is 3.57. The van der Waals surface area contributed by atoms with E-state index in [1.807, 2.05) is 6.08 Å². The van der Waals surface area contributed by atoms with E-state index in [2.05, 4.69) is 13.8 Å². The van der Waals surface area contributed by atoms with Gasteiger partial charge in [0.2, 0.25) is 0 Å². The highest BCUT2D eigenvalue weighted by Gasteiger charge is 2.69. The monoisotopic (exact) mass is 484 g/mol. The average molecular weight is 485 g/mol. The van der Waals surface area contributed by atoms with E-state index < -0.39 is 30.0 Å². The van der Waals surface area contributed by atoms with Gasteiger partial charge in [0.1, 0.15) is 12.2 Å². The highest BCUT2D eigenvalue weighted by Crippen LogP contribution is 2.68. The fourth-order valence-electron chi connectivity index (χ4n) is 9.86. The number of aliphatic hydroxyl groups excluding tert-OH is 3.